The van der Waals surface area contributed by atoms with E-state index >= 15 is 0 Å². The Labute approximate surface area is 197 Å². The van der Waals surface area contributed by atoms with E-state index in [1.54, 1.807) is 13.8 Å². The SMILES string of the molecule is CO[C@@H]1[C@H]2OC(C)(C)O[C@H]2O[C@@H]1[C@H](CSC(=S)N1CCCC1)OS(=O)(=O)[O-].[Na+]. The summed E-state index contributed by atoms with van der Waals surface area (Å²) in [5, 5.41) is 0. The summed E-state index contributed by atoms with van der Waals surface area (Å²) in [5.41, 5.74) is 0. The first-order valence-corrected chi connectivity index (χ1v) is 11.4. The summed E-state index contributed by atoms with van der Waals surface area (Å²) in [6, 6.07) is 0. The zero-order valence-corrected chi connectivity index (χ0v) is 20.8. The van der Waals surface area contributed by atoms with Crippen molar-refractivity contribution >= 4 is 38.7 Å². The van der Waals surface area contributed by atoms with Gasteiger partial charge in [-0.15, -0.1) is 0 Å². The monoisotopic (exact) mass is 465 g/mol. The number of nitrogens with zero attached hydrogens (tertiary/aromatic N) is 1. The van der Waals surface area contributed by atoms with Crippen molar-refractivity contribution in [3.63, 3.8) is 0 Å². The number of thiocarbonyl (C=S) groups is 1. The fourth-order valence-electron chi connectivity index (χ4n) is 3.54. The van der Waals surface area contributed by atoms with Gasteiger partial charge in [-0.3, -0.25) is 4.18 Å². The molecule has 0 unspecified atom stereocenters. The molecule has 0 amide bonds. The molecule has 3 aliphatic rings. The molecule has 3 saturated heterocycles. The van der Waals surface area contributed by atoms with E-state index in [0.29, 0.717) is 4.32 Å². The van der Waals surface area contributed by atoms with Gasteiger partial charge < -0.3 is 28.4 Å². The first-order valence-electron chi connectivity index (χ1n) is 8.69. The molecule has 0 bridgehead atoms. The molecule has 0 aromatic carbocycles. The van der Waals surface area contributed by atoms with Crippen molar-refractivity contribution < 1.29 is 65.7 Å². The third-order valence-corrected chi connectivity index (χ3v) is 6.74. The van der Waals surface area contributed by atoms with Gasteiger partial charge in [0.15, 0.2) is 12.1 Å². The van der Waals surface area contributed by atoms with Crippen LogP contribution in [0.15, 0.2) is 0 Å². The Hall–Kier alpha value is 0.950. The minimum Gasteiger partial charge on any atom is -0.726 e. The number of likely N-dealkylation sites (tertiary alicyclic amines) is 1. The largest absolute Gasteiger partial charge is 1.00 e. The van der Waals surface area contributed by atoms with E-state index in [4.69, 9.17) is 35.3 Å². The third-order valence-electron chi connectivity index (χ3n) is 4.64. The summed E-state index contributed by atoms with van der Waals surface area (Å²) >= 11 is 6.66. The maximum Gasteiger partial charge on any atom is 1.00 e. The van der Waals surface area contributed by atoms with Gasteiger partial charge in [0.25, 0.3) is 0 Å². The number of methoxy groups -OCH3 is 1. The molecule has 3 fully saturated rings. The smallest absolute Gasteiger partial charge is 0.726 e. The summed E-state index contributed by atoms with van der Waals surface area (Å²) in [6.07, 6.45) is -1.72. The van der Waals surface area contributed by atoms with Crippen molar-refractivity contribution in [3.05, 3.63) is 0 Å². The molecule has 3 heterocycles. The second-order valence-electron chi connectivity index (χ2n) is 7.08. The number of hydrogen-bond acceptors (Lipinski definition) is 10. The van der Waals surface area contributed by atoms with Crippen molar-refractivity contribution in [2.75, 3.05) is 26.0 Å². The van der Waals surface area contributed by atoms with Crippen molar-refractivity contribution in [2.45, 2.75) is 63.2 Å². The zero-order chi connectivity index (χ0) is 19.8. The Morgan fingerprint density at radius 2 is 2.00 bits per heavy atom. The van der Waals surface area contributed by atoms with E-state index in [-0.39, 0.29) is 35.3 Å². The number of fused-ring (bicyclic) bond motifs is 1. The molecule has 0 N–H and O–H groups in total. The fourth-order valence-corrected chi connectivity index (χ4v) is 5.43. The first kappa shape index (κ1) is 25.2. The van der Waals surface area contributed by atoms with Gasteiger partial charge in [-0.1, -0.05) is 24.0 Å². The summed E-state index contributed by atoms with van der Waals surface area (Å²) < 4.78 is 62.0. The number of hydrogen-bond donors (Lipinski definition) is 0. The Kier molecular flexibility index (Phi) is 9.05. The second kappa shape index (κ2) is 10.0. The minimum atomic E-state index is -4.94. The second-order valence-corrected chi connectivity index (χ2v) is 9.75. The molecule has 0 aromatic rings. The Bertz CT molecular complexity index is 658. The van der Waals surface area contributed by atoms with Gasteiger partial charge in [-0.05, 0) is 26.7 Å². The Balaban J connectivity index is 0.00000280. The van der Waals surface area contributed by atoms with E-state index in [9.17, 15) is 13.0 Å². The van der Waals surface area contributed by atoms with Gasteiger partial charge in [0.1, 0.15) is 28.7 Å². The Morgan fingerprint density at radius 1 is 1.36 bits per heavy atom. The molecule has 0 saturated carbocycles. The van der Waals surface area contributed by atoms with Crippen molar-refractivity contribution in [1.82, 2.24) is 4.90 Å². The zero-order valence-electron chi connectivity index (χ0n) is 16.4. The van der Waals surface area contributed by atoms with Gasteiger partial charge >= 0.3 is 29.6 Å². The predicted octanol–water partition coefficient (Wildman–Crippen LogP) is -2.16. The topological polar surface area (TPSA) is 107 Å². The average Bonchev–Trinajstić information content (AvgIpc) is 3.23. The minimum absolute atomic E-state index is 0. The van der Waals surface area contributed by atoms with Crippen LogP contribution in [0.1, 0.15) is 26.7 Å². The van der Waals surface area contributed by atoms with Crippen LogP contribution < -0.4 is 29.6 Å². The van der Waals surface area contributed by atoms with Crippen molar-refractivity contribution in [1.29, 1.82) is 0 Å². The molecular weight excluding hydrogens is 441 g/mol. The number of ether oxygens (including phenoxy) is 4. The van der Waals surface area contributed by atoms with E-state index in [1.165, 1.54) is 18.9 Å². The molecule has 3 rings (SSSR count). The normalized spacial score (nSPS) is 32.8. The van der Waals surface area contributed by atoms with Crippen LogP contribution in [0.4, 0.5) is 0 Å². The standard InChI is InChI=1S/C15H25NO8S3.Na/c1-15(2)22-12-11(20-3)10(21-13(12)23-15)9(24-27(17,18)19)8-26-14(25)16-6-4-5-7-16;/h9-13H,4-8H2,1-3H3,(H,17,18,19);/q;+1/p-1/t9-,10+,11-,12+,13+;/m0./s1. The average molecular weight is 466 g/mol. The molecule has 5 atom stereocenters. The van der Waals surface area contributed by atoms with Crippen molar-refractivity contribution in [3.8, 4) is 0 Å². The van der Waals surface area contributed by atoms with Crippen LogP contribution in [-0.2, 0) is 33.5 Å². The van der Waals surface area contributed by atoms with Crippen LogP contribution in [0.3, 0.4) is 0 Å². The maximum absolute atomic E-state index is 11.3. The third kappa shape index (κ3) is 6.24. The van der Waals surface area contributed by atoms with Crippen LogP contribution in [0, 0.1) is 0 Å². The molecule has 0 radical (unpaired) electrons. The van der Waals surface area contributed by atoms with E-state index in [1.807, 2.05) is 0 Å². The summed E-state index contributed by atoms with van der Waals surface area (Å²) in [6.45, 7) is 5.24. The van der Waals surface area contributed by atoms with Gasteiger partial charge in [-0.25, -0.2) is 8.42 Å². The Morgan fingerprint density at radius 3 is 2.57 bits per heavy atom. The molecule has 3 aliphatic heterocycles. The summed E-state index contributed by atoms with van der Waals surface area (Å²) in [5.74, 6) is -0.714. The molecule has 156 valence electrons. The van der Waals surface area contributed by atoms with Gasteiger partial charge in [0.05, 0.1) is 0 Å². The van der Waals surface area contributed by atoms with Crippen LogP contribution >= 0.6 is 24.0 Å². The van der Waals surface area contributed by atoms with Crippen LogP contribution in [0.25, 0.3) is 0 Å². The molecule has 0 aliphatic carbocycles. The van der Waals surface area contributed by atoms with E-state index in [0.717, 1.165) is 25.9 Å². The molecule has 9 nitrogen and oxygen atoms in total. The van der Waals surface area contributed by atoms with Crippen LogP contribution in [0.5, 0.6) is 0 Å². The van der Waals surface area contributed by atoms with Crippen LogP contribution in [0.2, 0.25) is 0 Å². The van der Waals surface area contributed by atoms with Gasteiger partial charge in [0.2, 0.25) is 10.4 Å². The van der Waals surface area contributed by atoms with Gasteiger partial charge in [0, 0.05) is 26.0 Å². The molecule has 28 heavy (non-hydrogen) atoms. The predicted molar refractivity (Wildman–Crippen MR) is 99.9 cm³/mol. The quantitative estimate of drug-likeness (QED) is 0.185. The number of rotatable bonds is 6. The summed E-state index contributed by atoms with van der Waals surface area (Å²) in [4.78, 5) is 2.05. The molecular formula is C15H24NNaO8S3. The first-order chi connectivity index (χ1) is 12.6. The van der Waals surface area contributed by atoms with E-state index in [2.05, 4.69) is 4.90 Å². The maximum atomic E-state index is 11.3. The molecule has 13 heteroatoms. The molecule has 0 aromatic heterocycles. The van der Waals surface area contributed by atoms with Crippen molar-refractivity contribution in [2.24, 2.45) is 0 Å². The van der Waals surface area contributed by atoms with E-state index < -0.39 is 46.9 Å². The number of thioether (sulfide) groups is 1. The van der Waals surface area contributed by atoms with Crippen LogP contribution in [-0.4, -0.2) is 84.6 Å². The summed E-state index contributed by atoms with van der Waals surface area (Å²) in [7, 11) is -3.48. The fraction of sp³-hybridized carbons (Fsp3) is 0.933. The molecule has 0 spiro atoms. The van der Waals surface area contributed by atoms with Gasteiger partial charge in [-0.2, -0.15) is 0 Å².